The second-order valence-corrected chi connectivity index (χ2v) is 10.1. The van der Waals surface area contributed by atoms with Crippen LogP contribution >= 0.6 is 34.8 Å². The van der Waals surface area contributed by atoms with E-state index >= 15 is 0 Å². The van der Waals surface area contributed by atoms with Crippen LogP contribution in [0.15, 0.2) is 41.3 Å². The van der Waals surface area contributed by atoms with Crippen LogP contribution in [-0.4, -0.2) is 36.9 Å². The van der Waals surface area contributed by atoms with E-state index in [1.165, 1.54) is 24.3 Å². The topological polar surface area (TPSA) is 106 Å². The summed E-state index contributed by atoms with van der Waals surface area (Å²) in [6.45, 7) is 5.28. The van der Waals surface area contributed by atoms with E-state index in [1.807, 2.05) is 11.6 Å². The summed E-state index contributed by atoms with van der Waals surface area (Å²) in [7, 11) is -4.05. The molecule has 0 heterocycles. The van der Waals surface area contributed by atoms with Gasteiger partial charge < -0.3 is 9.47 Å². The lowest BCUT2D eigenvalue weighted by Gasteiger charge is -2.18. The first kappa shape index (κ1) is 24.6. The van der Waals surface area contributed by atoms with E-state index in [4.69, 9.17) is 49.7 Å². The molecule has 28 heavy (non-hydrogen) atoms. The number of amides is 1. The molecule has 0 saturated carbocycles. The molecule has 0 bridgehead atoms. The van der Waals surface area contributed by atoms with E-state index < -0.39 is 31.9 Å². The number of hydrogen-bond acceptors (Lipinski definition) is 6. The largest absolute Gasteiger partial charge is 0.474 e. The number of benzene rings is 1. The first-order valence-electron chi connectivity index (χ1n) is 8.08. The van der Waals surface area contributed by atoms with Gasteiger partial charge in [0, 0.05) is 0 Å². The van der Waals surface area contributed by atoms with Crippen LogP contribution in [0.4, 0.5) is 4.79 Å². The average Bonchev–Trinajstić information content (AvgIpc) is 2.56. The van der Waals surface area contributed by atoms with E-state index in [0.29, 0.717) is 0 Å². The van der Waals surface area contributed by atoms with Gasteiger partial charge in [-0.15, -0.1) is 0 Å². The predicted molar refractivity (Wildman–Crippen MR) is 110 cm³/mol. The van der Waals surface area contributed by atoms with Gasteiger partial charge in [0.15, 0.2) is 0 Å². The van der Waals surface area contributed by atoms with Crippen LogP contribution in [0.5, 0.6) is 0 Å². The number of nitrogens with one attached hydrogen (secondary N) is 2. The van der Waals surface area contributed by atoms with Crippen LogP contribution in [0.3, 0.4) is 0 Å². The molecule has 1 atom stereocenters. The molecule has 1 rings (SSSR count). The molecule has 0 spiro atoms. The van der Waals surface area contributed by atoms with E-state index in [0.717, 1.165) is 5.56 Å². The molecule has 1 aromatic carbocycles. The Morgan fingerprint density at radius 1 is 1.25 bits per heavy atom. The highest BCUT2D eigenvalue weighted by atomic mass is 35.6. The highest BCUT2D eigenvalue weighted by Gasteiger charge is 2.28. The van der Waals surface area contributed by atoms with Crippen molar-refractivity contribution in [1.82, 2.24) is 4.72 Å². The smallest absolute Gasteiger partial charge is 0.421 e. The average molecular weight is 472 g/mol. The Morgan fingerprint density at radius 2 is 1.82 bits per heavy atom. The van der Waals surface area contributed by atoms with Crippen molar-refractivity contribution in [1.29, 1.82) is 5.41 Å². The summed E-state index contributed by atoms with van der Waals surface area (Å²) in [5.41, 5.74) is 0.886. The molecule has 0 aliphatic carbocycles. The van der Waals surface area contributed by atoms with Crippen LogP contribution in [0.1, 0.15) is 19.4 Å². The molecule has 2 N–H and O–H groups in total. The van der Waals surface area contributed by atoms with Crippen molar-refractivity contribution >= 4 is 56.8 Å². The van der Waals surface area contributed by atoms with E-state index in [2.05, 4.69) is 0 Å². The third-order valence-electron chi connectivity index (χ3n) is 3.36. The molecule has 0 aromatic heterocycles. The van der Waals surface area contributed by atoms with Crippen molar-refractivity contribution in [2.45, 2.75) is 35.6 Å². The Hall–Kier alpha value is -1.48. The summed E-state index contributed by atoms with van der Waals surface area (Å²) in [5, 5.41) is 7.40. The SMILES string of the molecule is Cc1ccc(S(=O)(=O)NC(=O)OC(/C=C\COC(=N)C(Cl)(Cl)Cl)C(C)C)cc1. The lowest BCUT2D eigenvalue weighted by Crippen LogP contribution is -2.35. The summed E-state index contributed by atoms with van der Waals surface area (Å²) < 4.78 is 34.4. The third-order valence-corrected chi connectivity index (χ3v) is 5.20. The minimum atomic E-state index is -4.05. The van der Waals surface area contributed by atoms with Crippen LogP contribution < -0.4 is 4.72 Å². The maximum absolute atomic E-state index is 12.2. The number of sulfonamides is 1. The number of halogens is 3. The van der Waals surface area contributed by atoms with Gasteiger partial charge in [0.2, 0.25) is 5.90 Å². The number of hydrogen-bond donors (Lipinski definition) is 2. The second-order valence-electron chi connectivity index (χ2n) is 6.10. The van der Waals surface area contributed by atoms with E-state index in [-0.39, 0.29) is 17.4 Å². The molecule has 1 amide bonds. The van der Waals surface area contributed by atoms with Gasteiger partial charge in [-0.25, -0.2) is 17.9 Å². The molecule has 0 saturated heterocycles. The Morgan fingerprint density at radius 3 is 2.32 bits per heavy atom. The van der Waals surface area contributed by atoms with Gasteiger partial charge in [-0.1, -0.05) is 66.3 Å². The standard InChI is InChI=1S/C17H21Cl3N2O5S/c1-11(2)14(5-4-10-26-15(21)17(18,19)20)27-16(23)22-28(24,25)13-8-6-12(3)7-9-13/h4-9,11,14,21H,10H2,1-3H3,(H,22,23)/b5-4-,21-15?. The van der Waals surface area contributed by atoms with E-state index in [1.54, 1.807) is 26.0 Å². The van der Waals surface area contributed by atoms with Crippen LogP contribution in [-0.2, 0) is 19.5 Å². The molecule has 0 aliphatic rings. The molecule has 0 fully saturated rings. The lowest BCUT2D eigenvalue weighted by molar-refractivity contribution is 0.102. The normalized spacial score (nSPS) is 13.4. The Balaban J connectivity index is 2.68. The van der Waals surface area contributed by atoms with Crippen molar-refractivity contribution in [3.63, 3.8) is 0 Å². The number of alkyl halides is 3. The van der Waals surface area contributed by atoms with Gasteiger partial charge in [0.05, 0.1) is 4.90 Å². The molecular formula is C17H21Cl3N2O5S. The minimum absolute atomic E-state index is 0.0506. The summed E-state index contributed by atoms with van der Waals surface area (Å²) >= 11 is 16.5. The summed E-state index contributed by atoms with van der Waals surface area (Å²) in [5.74, 6) is -0.706. The maximum Gasteiger partial charge on any atom is 0.421 e. The zero-order chi connectivity index (χ0) is 21.5. The number of ether oxygens (including phenoxy) is 2. The van der Waals surface area contributed by atoms with Gasteiger partial charge in [-0.2, -0.15) is 0 Å². The Bertz CT molecular complexity index is 818. The van der Waals surface area contributed by atoms with Crippen LogP contribution in [0.2, 0.25) is 0 Å². The lowest BCUT2D eigenvalue weighted by atomic mass is 10.1. The number of carbonyl (C=O) groups is 1. The molecule has 156 valence electrons. The highest BCUT2D eigenvalue weighted by Crippen LogP contribution is 2.27. The zero-order valence-corrected chi connectivity index (χ0v) is 18.5. The van der Waals surface area contributed by atoms with Crippen molar-refractivity contribution in [2.24, 2.45) is 5.92 Å². The number of aryl methyl sites for hydroxylation is 1. The highest BCUT2D eigenvalue weighted by molar-refractivity contribution is 7.90. The summed E-state index contributed by atoms with van der Waals surface area (Å²) in [4.78, 5) is 12.0. The predicted octanol–water partition coefficient (Wildman–Crippen LogP) is 4.35. The molecule has 1 aromatic rings. The molecule has 7 nitrogen and oxygen atoms in total. The fourth-order valence-corrected chi connectivity index (χ4v) is 2.88. The van der Waals surface area contributed by atoms with Gasteiger partial charge in [0.1, 0.15) is 12.7 Å². The first-order valence-corrected chi connectivity index (χ1v) is 10.7. The summed E-state index contributed by atoms with van der Waals surface area (Å²) in [6.07, 6.45) is 1.11. The van der Waals surface area contributed by atoms with Crippen molar-refractivity contribution in [3.05, 3.63) is 42.0 Å². The van der Waals surface area contributed by atoms with Gasteiger partial charge >= 0.3 is 6.09 Å². The molecule has 0 radical (unpaired) electrons. The molecular weight excluding hydrogens is 451 g/mol. The first-order chi connectivity index (χ1) is 12.8. The van der Waals surface area contributed by atoms with Crippen molar-refractivity contribution in [2.75, 3.05) is 6.61 Å². The van der Waals surface area contributed by atoms with Crippen LogP contribution in [0.25, 0.3) is 0 Å². The quantitative estimate of drug-likeness (QED) is 0.266. The zero-order valence-electron chi connectivity index (χ0n) is 15.4. The fourth-order valence-electron chi connectivity index (χ4n) is 1.83. The van der Waals surface area contributed by atoms with E-state index in [9.17, 15) is 13.2 Å². The third kappa shape index (κ3) is 8.26. The number of rotatable bonds is 7. The van der Waals surface area contributed by atoms with Gasteiger partial charge in [0.25, 0.3) is 13.8 Å². The second kappa shape index (κ2) is 10.3. The van der Waals surface area contributed by atoms with Gasteiger partial charge in [-0.05, 0) is 37.1 Å². The maximum atomic E-state index is 12.2. The van der Waals surface area contributed by atoms with Crippen molar-refractivity contribution in [3.8, 4) is 0 Å². The van der Waals surface area contributed by atoms with Gasteiger partial charge in [-0.3, -0.25) is 5.41 Å². The molecule has 11 heteroatoms. The molecule has 0 aliphatic heterocycles. The Kier molecular flexibility index (Phi) is 9.07. The fraction of sp³-hybridized carbons (Fsp3) is 0.412. The molecule has 1 unspecified atom stereocenters. The number of carbonyl (C=O) groups excluding carboxylic acids is 1. The Labute approximate surface area is 179 Å². The van der Waals surface area contributed by atoms with Crippen molar-refractivity contribution < 1.29 is 22.7 Å². The van der Waals surface area contributed by atoms with Crippen LogP contribution in [0, 0.1) is 18.3 Å². The minimum Gasteiger partial charge on any atom is -0.474 e. The summed E-state index contributed by atoms with van der Waals surface area (Å²) in [6, 6.07) is 6.02. The monoisotopic (exact) mass is 470 g/mol.